The van der Waals surface area contributed by atoms with Gasteiger partial charge in [0.15, 0.2) is 6.10 Å². The number of para-hydroxylation sites is 1. The molecule has 2 fully saturated rings. The molecular formula is C17H23NO4. The van der Waals surface area contributed by atoms with Crippen LogP contribution in [0.15, 0.2) is 24.3 Å². The van der Waals surface area contributed by atoms with Crippen molar-refractivity contribution in [1.82, 2.24) is 4.90 Å². The lowest BCUT2D eigenvalue weighted by Crippen LogP contribution is -2.47. The Morgan fingerprint density at radius 3 is 3.00 bits per heavy atom. The van der Waals surface area contributed by atoms with Crippen LogP contribution in [-0.4, -0.2) is 56.4 Å². The van der Waals surface area contributed by atoms with Crippen LogP contribution in [0.4, 0.5) is 0 Å². The fourth-order valence-electron chi connectivity index (χ4n) is 3.28. The van der Waals surface area contributed by atoms with Gasteiger partial charge >= 0.3 is 0 Å². The van der Waals surface area contributed by atoms with Crippen LogP contribution in [0.1, 0.15) is 18.4 Å². The van der Waals surface area contributed by atoms with Gasteiger partial charge in [-0.3, -0.25) is 4.79 Å². The van der Waals surface area contributed by atoms with E-state index in [-0.39, 0.29) is 11.9 Å². The van der Waals surface area contributed by atoms with Gasteiger partial charge in [0.2, 0.25) is 0 Å². The quantitative estimate of drug-likeness (QED) is 0.848. The molecule has 0 N–H and O–H groups in total. The van der Waals surface area contributed by atoms with Gasteiger partial charge < -0.3 is 19.1 Å². The predicted molar refractivity (Wildman–Crippen MR) is 82.0 cm³/mol. The summed E-state index contributed by atoms with van der Waals surface area (Å²) >= 11 is 0. The molecule has 0 aromatic heterocycles. The van der Waals surface area contributed by atoms with Crippen LogP contribution in [0.2, 0.25) is 0 Å². The number of hydrogen-bond acceptors (Lipinski definition) is 4. The Balaban J connectivity index is 1.68. The first kappa shape index (κ1) is 15.3. The number of likely N-dealkylation sites (tertiary alicyclic amines) is 1. The molecule has 0 radical (unpaired) electrons. The molecule has 2 heterocycles. The summed E-state index contributed by atoms with van der Waals surface area (Å²) in [7, 11) is 1.68. The van der Waals surface area contributed by atoms with E-state index in [0.717, 1.165) is 37.1 Å². The summed E-state index contributed by atoms with van der Waals surface area (Å²) in [6.45, 7) is 2.26. The number of amides is 1. The zero-order chi connectivity index (χ0) is 15.4. The summed E-state index contributed by atoms with van der Waals surface area (Å²) in [5.41, 5.74) is 1.15. The number of carbonyl (C=O) groups is 1. The van der Waals surface area contributed by atoms with Crippen molar-refractivity contribution in [2.75, 3.05) is 33.5 Å². The molecule has 2 aliphatic rings. The van der Waals surface area contributed by atoms with Crippen LogP contribution in [-0.2, 0) is 20.7 Å². The van der Waals surface area contributed by atoms with Gasteiger partial charge in [-0.2, -0.15) is 0 Å². The SMILES string of the molecule is COc1ccccc1CC1CCCN1C(=O)C1COCCO1. The average Bonchev–Trinajstić information content (AvgIpc) is 3.03. The van der Waals surface area contributed by atoms with E-state index in [1.165, 1.54) is 0 Å². The highest BCUT2D eigenvalue weighted by Gasteiger charge is 2.35. The van der Waals surface area contributed by atoms with Crippen LogP contribution in [0.5, 0.6) is 5.75 Å². The monoisotopic (exact) mass is 305 g/mol. The fourth-order valence-corrected chi connectivity index (χ4v) is 3.28. The maximum absolute atomic E-state index is 12.6. The summed E-state index contributed by atoms with van der Waals surface area (Å²) in [5.74, 6) is 0.955. The van der Waals surface area contributed by atoms with Crippen molar-refractivity contribution < 1.29 is 19.0 Å². The highest BCUT2D eigenvalue weighted by Crippen LogP contribution is 2.27. The summed E-state index contributed by atoms with van der Waals surface area (Å²) < 4.78 is 16.3. The molecule has 1 amide bonds. The minimum Gasteiger partial charge on any atom is -0.496 e. The van der Waals surface area contributed by atoms with Gasteiger partial charge in [0.05, 0.1) is 26.9 Å². The molecule has 22 heavy (non-hydrogen) atoms. The summed E-state index contributed by atoms with van der Waals surface area (Å²) in [4.78, 5) is 14.6. The third-order valence-corrected chi connectivity index (χ3v) is 4.40. The van der Waals surface area contributed by atoms with E-state index in [1.54, 1.807) is 7.11 Å². The smallest absolute Gasteiger partial charge is 0.254 e. The van der Waals surface area contributed by atoms with Crippen LogP contribution in [0.25, 0.3) is 0 Å². The van der Waals surface area contributed by atoms with E-state index in [9.17, 15) is 4.79 Å². The van der Waals surface area contributed by atoms with Crippen LogP contribution in [0.3, 0.4) is 0 Å². The zero-order valence-electron chi connectivity index (χ0n) is 13.0. The average molecular weight is 305 g/mol. The van der Waals surface area contributed by atoms with Crippen LogP contribution >= 0.6 is 0 Å². The van der Waals surface area contributed by atoms with E-state index in [2.05, 4.69) is 6.07 Å². The largest absolute Gasteiger partial charge is 0.496 e. The molecule has 0 saturated carbocycles. The minimum atomic E-state index is -0.438. The molecular weight excluding hydrogens is 282 g/mol. The van der Waals surface area contributed by atoms with E-state index in [0.29, 0.717) is 19.8 Å². The van der Waals surface area contributed by atoms with Crippen molar-refractivity contribution in [3.63, 3.8) is 0 Å². The highest BCUT2D eigenvalue weighted by atomic mass is 16.6. The van der Waals surface area contributed by atoms with Gasteiger partial charge in [-0.1, -0.05) is 18.2 Å². The van der Waals surface area contributed by atoms with Gasteiger partial charge in [-0.25, -0.2) is 0 Å². The molecule has 5 heteroatoms. The first-order chi connectivity index (χ1) is 10.8. The molecule has 2 saturated heterocycles. The highest BCUT2D eigenvalue weighted by molar-refractivity contribution is 5.81. The number of rotatable bonds is 4. The minimum absolute atomic E-state index is 0.0668. The maximum atomic E-state index is 12.6. The summed E-state index contributed by atoms with van der Waals surface area (Å²) in [6, 6.07) is 8.23. The Hall–Kier alpha value is -1.59. The molecule has 0 spiro atoms. The lowest BCUT2D eigenvalue weighted by molar-refractivity contribution is -0.158. The van der Waals surface area contributed by atoms with Gasteiger partial charge in [0, 0.05) is 12.6 Å². The van der Waals surface area contributed by atoms with E-state index in [4.69, 9.17) is 14.2 Å². The van der Waals surface area contributed by atoms with E-state index in [1.807, 2.05) is 23.1 Å². The standard InChI is InChI=1S/C17H23NO4/c1-20-15-7-3-2-5-13(15)11-14-6-4-8-18(14)17(19)16-12-21-9-10-22-16/h2-3,5,7,14,16H,4,6,8-12H2,1H3. The summed E-state index contributed by atoms with van der Waals surface area (Å²) in [5, 5.41) is 0. The van der Waals surface area contributed by atoms with Crippen LogP contribution in [0, 0.1) is 0 Å². The van der Waals surface area contributed by atoms with Crippen LogP contribution < -0.4 is 4.74 Å². The third kappa shape index (κ3) is 3.25. The maximum Gasteiger partial charge on any atom is 0.254 e. The Morgan fingerprint density at radius 2 is 2.23 bits per heavy atom. The first-order valence-electron chi connectivity index (χ1n) is 7.91. The zero-order valence-corrected chi connectivity index (χ0v) is 13.0. The molecule has 2 unspecified atom stereocenters. The van der Waals surface area contributed by atoms with Crippen molar-refractivity contribution in [2.24, 2.45) is 0 Å². The van der Waals surface area contributed by atoms with E-state index >= 15 is 0 Å². The summed E-state index contributed by atoms with van der Waals surface area (Å²) in [6.07, 6.45) is 2.45. The molecule has 0 aliphatic carbocycles. The fraction of sp³-hybridized carbons (Fsp3) is 0.588. The predicted octanol–water partition coefficient (Wildman–Crippen LogP) is 1.64. The van der Waals surface area contributed by atoms with Crippen molar-refractivity contribution in [3.8, 4) is 5.75 Å². The number of hydrogen-bond donors (Lipinski definition) is 0. The van der Waals surface area contributed by atoms with E-state index < -0.39 is 6.10 Å². The number of methoxy groups -OCH3 is 1. The number of carbonyl (C=O) groups excluding carboxylic acids is 1. The third-order valence-electron chi connectivity index (χ3n) is 4.40. The molecule has 1 aromatic rings. The molecule has 120 valence electrons. The topological polar surface area (TPSA) is 48.0 Å². The number of nitrogens with zero attached hydrogens (tertiary/aromatic N) is 1. The van der Waals surface area contributed by atoms with Gasteiger partial charge in [0.1, 0.15) is 5.75 Å². The molecule has 0 bridgehead atoms. The number of benzene rings is 1. The Bertz CT molecular complexity index is 513. The first-order valence-corrected chi connectivity index (χ1v) is 7.91. The second-order valence-corrected chi connectivity index (χ2v) is 5.78. The van der Waals surface area contributed by atoms with Crippen molar-refractivity contribution >= 4 is 5.91 Å². The Kier molecular flexibility index (Phi) is 4.95. The molecule has 2 aliphatic heterocycles. The second kappa shape index (κ2) is 7.11. The normalized spacial score (nSPS) is 25.2. The number of ether oxygens (including phenoxy) is 3. The Labute approximate surface area is 131 Å². The van der Waals surface area contributed by atoms with Crippen molar-refractivity contribution in [3.05, 3.63) is 29.8 Å². The van der Waals surface area contributed by atoms with Crippen molar-refractivity contribution in [2.45, 2.75) is 31.4 Å². The second-order valence-electron chi connectivity index (χ2n) is 5.78. The van der Waals surface area contributed by atoms with Gasteiger partial charge in [-0.05, 0) is 30.9 Å². The Morgan fingerprint density at radius 1 is 1.36 bits per heavy atom. The lowest BCUT2D eigenvalue weighted by Gasteiger charge is -2.31. The molecule has 5 nitrogen and oxygen atoms in total. The van der Waals surface area contributed by atoms with Gasteiger partial charge in [-0.15, -0.1) is 0 Å². The molecule has 1 aromatic carbocycles. The molecule has 3 rings (SSSR count). The van der Waals surface area contributed by atoms with Crippen molar-refractivity contribution in [1.29, 1.82) is 0 Å². The molecule has 2 atom stereocenters. The van der Waals surface area contributed by atoms with Gasteiger partial charge in [0.25, 0.3) is 5.91 Å². The lowest BCUT2D eigenvalue weighted by atomic mass is 10.0.